The summed E-state index contributed by atoms with van der Waals surface area (Å²) in [5.41, 5.74) is 3.46. The molecule has 0 saturated heterocycles. The van der Waals surface area contributed by atoms with Crippen LogP contribution in [-0.4, -0.2) is 5.78 Å². The zero-order valence-electron chi connectivity index (χ0n) is 9.42. The van der Waals surface area contributed by atoms with Crippen molar-refractivity contribution in [2.45, 2.75) is 32.1 Å². The second kappa shape index (κ2) is 4.54. The molecule has 16 heavy (non-hydrogen) atoms. The molecule has 1 unspecified atom stereocenters. The number of allylic oxidation sites excluding steroid dienone is 1. The van der Waals surface area contributed by atoms with Crippen molar-refractivity contribution in [1.82, 2.24) is 0 Å². The van der Waals surface area contributed by atoms with Crippen LogP contribution in [-0.2, 0) is 4.79 Å². The first-order chi connectivity index (χ1) is 7.58. The number of ketones is 1. The zero-order valence-corrected chi connectivity index (χ0v) is 11.0. The van der Waals surface area contributed by atoms with Crippen LogP contribution in [0.2, 0.25) is 0 Å². The lowest BCUT2D eigenvalue weighted by atomic mass is 9.80. The second-order valence-corrected chi connectivity index (χ2v) is 5.40. The van der Waals surface area contributed by atoms with E-state index in [-0.39, 0.29) is 5.92 Å². The standard InChI is InChI=1S/C14H15BrO/c1-9-3-5-13(14(16)7-9)12-6-4-11(15)8-10(12)2/h4,6,8,13H,1,3,5,7H2,2H3. The van der Waals surface area contributed by atoms with Crippen molar-refractivity contribution in [3.05, 3.63) is 46.0 Å². The third kappa shape index (κ3) is 2.27. The summed E-state index contributed by atoms with van der Waals surface area (Å²) in [6.07, 6.45) is 2.45. The fraction of sp³-hybridized carbons (Fsp3) is 0.357. The number of halogens is 1. The Morgan fingerprint density at radius 2 is 2.19 bits per heavy atom. The van der Waals surface area contributed by atoms with Crippen LogP contribution in [0.4, 0.5) is 0 Å². The summed E-state index contributed by atoms with van der Waals surface area (Å²) < 4.78 is 1.07. The van der Waals surface area contributed by atoms with Crippen LogP contribution >= 0.6 is 15.9 Å². The van der Waals surface area contributed by atoms with Gasteiger partial charge in [-0.15, -0.1) is 0 Å². The van der Waals surface area contributed by atoms with Gasteiger partial charge in [0.15, 0.2) is 0 Å². The fourth-order valence-corrected chi connectivity index (χ4v) is 2.80. The summed E-state index contributed by atoms with van der Waals surface area (Å²) in [6, 6.07) is 6.15. The predicted octanol–water partition coefficient (Wildman–Crippen LogP) is 4.15. The third-order valence-electron chi connectivity index (χ3n) is 3.21. The van der Waals surface area contributed by atoms with Gasteiger partial charge >= 0.3 is 0 Å². The van der Waals surface area contributed by atoms with Crippen LogP contribution < -0.4 is 0 Å². The van der Waals surface area contributed by atoms with Crippen LogP contribution in [0.15, 0.2) is 34.8 Å². The van der Waals surface area contributed by atoms with Gasteiger partial charge in [0.1, 0.15) is 5.78 Å². The minimum atomic E-state index is 0.0820. The molecule has 1 aliphatic carbocycles. The molecule has 1 atom stereocenters. The number of hydrogen-bond donors (Lipinski definition) is 0. The highest BCUT2D eigenvalue weighted by Gasteiger charge is 2.26. The number of Topliss-reactive ketones (excluding diaryl/α,β-unsaturated/α-hetero) is 1. The van der Waals surface area contributed by atoms with Gasteiger partial charge in [-0.1, -0.05) is 34.1 Å². The molecule has 0 radical (unpaired) electrons. The van der Waals surface area contributed by atoms with E-state index in [4.69, 9.17) is 0 Å². The van der Waals surface area contributed by atoms with Crippen LogP contribution in [0.5, 0.6) is 0 Å². The van der Waals surface area contributed by atoms with Gasteiger partial charge in [-0.2, -0.15) is 0 Å². The Hall–Kier alpha value is -0.890. The molecular weight excluding hydrogens is 264 g/mol. The average molecular weight is 279 g/mol. The van der Waals surface area contributed by atoms with E-state index in [9.17, 15) is 4.79 Å². The van der Waals surface area contributed by atoms with Crippen molar-refractivity contribution in [3.63, 3.8) is 0 Å². The van der Waals surface area contributed by atoms with Crippen LogP contribution in [0.25, 0.3) is 0 Å². The number of carbonyl (C=O) groups is 1. The SMILES string of the molecule is C=C1CCC(c2ccc(Br)cc2C)C(=O)C1. The first kappa shape index (κ1) is 11.6. The Bertz CT molecular complexity index is 448. The van der Waals surface area contributed by atoms with Gasteiger partial charge in [0.25, 0.3) is 0 Å². The molecule has 84 valence electrons. The molecule has 0 aliphatic heterocycles. The second-order valence-electron chi connectivity index (χ2n) is 4.49. The van der Waals surface area contributed by atoms with Crippen molar-refractivity contribution < 1.29 is 4.79 Å². The molecule has 0 N–H and O–H groups in total. The fourth-order valence-electron chi connectivity index (χ4n) is 2.33. The molecule has 2 rings (SSSR count). The third-order valence-corrected chi connectivity index (χ3v) is 3.70. The van der Waals surface area contributed by atoms with Crippen molar-refractivity contribution in [1.29, 1.82) is 0 Å². The number of carbonyl (C=O) groups excluding carboxylic acids is 1. The summed E-state index contributed by atoms with van der Waals surface area (Å²) >= 11 is 3.45. The quantitative estimate of drug-likeness (QED) is 0.706. The lowest BCUT2D eigenvalue weighted by molar-refractivity contribution is -0.120. The van der Waals surface area contributed by atoms with Crippen molar-refractivity contribution in [3.8, 4) is 0 Å². The van der Waals surface area contributed by atoms with E-state index in [1.54, 1.807) is 0 Å². The van der Waals surface area contributed by atoms with Gasteiger partial charge in [-0.25, -0.2) is 0 Å². The minimum Gasteiger partial charge on any atom is -0.299 e. The van der Waals surface area contributed by atoms with Gasteiger partial charge in [-0.05, 0) is 43.0 Å². The molecule has 0 bridgehead atoms. The smallest absolute Gasteiger partial charge is 0.144 e. The summed E-state index contributed by atoms with van der Waals surface area (Å²) in [4.78, 5) is 12.0. The lowest BCUT2D eigenvalue weighted by Crippen LogP contribution is -2.19. The average Bonchev–Trinajstić information content (AvgIpc) is 2.19. The molecule has 0 heterocycles. The molecule has 1 aromatic rings. The van der Waals surface area contributed by atoms with E-state index in [2.05, 4.69) is 41.6 Å². The maximum Gasteiger partial charge on any atom is 0.144 e. The maximum atomic E-state index is 12.0. The summed E-state index contributed by atoms with van der Waals surface area (Å²) in [5, 5.41) is 0. The largest absolute Gasteiger partial charge is 0.299 e. The zero-order chi connectivity index (χ0) is 11.7. The van der Waals surface area contributed by atoms with Gasteiger partial charge in [-0.3, -0.25) is 4.79 Å². The van der Waals surface area contributed by atoms with Crippen LogP contribution in [0, 0.1) is 6.92 Å². The molecule has 0 aromatic heterocycles. The molecule has 1 aromatic carbocycles. The first-order valence-electron chi connectivity index (χ1n) is 5.53. The Labute approximate surface area is 105 Å². The minimum absolute atomic E-state index is 0.0820. The normalized spacial score (nSPS) is 21.2. The Morgan fingerprint density at radius 3 is 2.81 bits per heavy atom. The number of aryl methyl sites for hydroxylation is 1. The van der Waals surface area contributed by atoms with E-state index in [0.29, 0.717) is 12.2 Å². The predicted molar refractivity (Wildman–Crippen MR) is 69.6 cm³/mol. The number of hydrogen-bond acceptors (Lipinski definition) is 1. The lowest BCUT2D eigenvalue weighted by Gasteiger charge is -2.24. The first-order valence-corrected chi connectivity index (χ1v) is 6.32. The molecule has 1 nitrogen and oxygen atoms in total. The molecule has 0 amide bonds. The molecule has 1 aliphatic rings. The van der Waals surface area contributed by atoms with Gasteiger partial charge < -0.3 is 0 Å². The van der Waals surface area contributed by atoms with Crippen LogP contribution in [0.3, 0.4) is 0 Å². The van der Waals surface area contributed by atoms with E-state index in [0.717, 1.165) is 22.9 Å². The molecule has 1 fully saturated rings. The van der Waals surface area contributed by atoms with E-state index >= 15 is 0 Å². The Morgan fingerprint density at radius 1 is 1.44 bits per heavy atom. The van der Waals surface area contributed by atoms with Crippen molar-refractivity contribution >= 4 is 21.7 Å². The summed E-state index contributed by atoms with van der Waals surface area (Å²) in [6.45, 7) is 5.97. The van der Waals surface area contributed by atoms with Crippen LogP contribution in [0.1, 0.15) is 36.3 Å². The summed E-state index contributed by atoms with van der Waals surface area (Å²) in [7, 11) is 0. The highest BCUT2D eigenvalue weighted by atomic mass is 79.9. The van der Waals surface area contributed by atoms with Gasteiger partial charge in [0, 0.05) is 16.8 Å². The highest BCUT2D eigenvalue weighted by molar-refractivity contribution is 9.10. The van der Waals surface area contributed by atoms with E-state index in [1.165, 1.54) is 11.1 Å². The van der Waals surface area contributed by atoms with Crippen molar-refractivity contribution in [2.24, 2.45) is 0 Å². The molecular formula is C14H15BrO. The monoisotopic (exact) mass is 278 g/mol. The Balaban J connectivity index is 2.30. The topological polar surface area (TPSA) is 17.1 Å². The summed E-state index contributed by atoms with van der Waals surface area (Å²) in [5.74, 6) is 0.403. The van der Waals surface area contributed by atoms with Gasteiger partial charge in [0.2, 0.25) is 0 Å². The Kier molecular flexibility index (Phi) is 3.29. The van der Waals surface area contributed by atoms with Gasteiger partial charge in [0.05, 0.1) is 0 Å². The maximum absolute atomic E-state index is 12.0. The number of rotatable bonds is 1. The molecule has 2 heteroatoms. The van der Waals surface area contributed by atoms with Crippen molar-refractivity contribution in [2.75, 3.05) is 0 Å². The highest BCUT2D eigenvalue weighted by Crippen LogP contribution is 2.34. The van der Waals surface area contributed by atoms with E-state index in [1.807, 2.05) is 6.07 Å². The molecule has 0 spiro atoms. The number of benzene rings is 1. The van der Waals surface area contributed by atoms with E-state index < -0.39 is 0 Å². The molecule has 1 saturated carbocycles.